The van der Waals surface area contributed by atoms with Gasteiger partial charge in [-0.1, -0.05) is 31.7 Å². The van der Waals surface area contributed by atoms with Crippen LogP contribution in [0.2, 0.25) is 0 Å². The van der Waals surface area contributed by atoms with Crippen molar-refractivity contribution in [2.24, 2.45) is 23.7 Å². The number of hydrogen-bond donors (Lipinski definition) is 4. The van der Waals surface area contributed by atoms with Crippen LogP contribution in [-0.2, 0) is 168 Å². The molecule has 3 amide bonds. The zero-order valence-corrected chi connectivity index (χ0v) is 83.5. The predicted molar refractivity (Wildman–Crippen MR) is 537 cm³/mol. The number of benzene rings is 4. The minimum Gasteiger partial charge on any atom is -0.480 e. The molecule has 8 fully saturated rings. The number of fused-ring (bicyclic) bond motifs is 8. The van der Waals surface area contributed by atoms with Crippen molar-refractivity contribution in [3.8, 4) is 44.5 Å². The highest BCUT2D eigenvalue weighted by molar-refractivity contribution is 8.51. The number of piperidine rings is 4. The van der Waals surface area contributed by atoms with Crippen molar-refractivity contribution >= 4 is 222 Å². The quantitative estimate of drug-likeness (QED) is 0.0408. The van der Waals surface area contributed by atoms with E-state index in [0.29, 0.717) is 104 Å². The third kappa shape index (κ3) is 24.4. The van der Waals surface area contributed by atoms with E-state index in [0.717, 1.165) is 85.0 Å². The smallest absolute Gasteiger partial charge is 0.328 e. The average molecular weight is 2060 g/mol. The number of rotatable bonds is 20. The van der Waals surface area contributed by atoms with Gasteiger partial charge < -0.3 is 44.8 Å². The minimum absolute atomic E-state index is 0. The number of ketones is 4. The number of aryl methyl sites for hydroxylation is 4. The largest absolute Gasteiger partial charge is 0.480 e. The Morgan fingerprint density at radius 1 is 0.377 bits per heavy atom. The molecule has 0 unspecified atom stereocenters. The molecule has 4 saturated carbocycles. The maximum absolute atomic E-state index is 13.2. The van der Waals surface area contributed by atoms with Crippen LogP contribution >= 0.6 is 13.5 Å². The lowest BCUT2D eigenvalue weighted by atomic mass is 10.0. The van der Waals surface area contributed by atoms with Gasteiger partial charge >= 0.3 is 29.8 Å². The first-order chi connectivity index (χ1) is 65.1. The second kappa shape index (κ2) is 46.5. The van der Waals surface area contributed by atoms with Crippen molar-refractivity contribution in [3.63, 3.8) is 0 Å². The van der Waals surface area contributed by atoms with Crippen LogP contribution in [0.25, 0.3) is 88.1 Å². The lowest BCUT2D eigenvalue weighted by molar-refractivity contribution is -0.152. The van der Waals surface area contributed by atoms with Gasteiger partial charge in [-0.3, -0.25) is 61.9 Å². The molecule has 722 valence electrons. The topological polar surface area (TPSA) is 480 Å². The highest BCUT2D eigenvalue weighted by Crippen LogP contribution is 2.51. The first-order valence-electron chi connectivity index (χ1n) is 42.5. The molecular weight excluding hydrogens is 1970 g/mol. The number of ether oxygens (including phenoxy) is 2. The van der Waals surface area contributed by atoms with Crippen molar-refractivity contribution in [2.75, 3.05) is 14.2 Å². The van der Waals surface area contributed by atoms with Gasteiger partial charge in [0.2, 0.25) is 17.7 Å². The molecule has 0 bridgehead atoms. The summed E-state index contributed by atoms with van der Waals surface area (Å²) in [6.45, 7) is 12.4. The van der Waals surface area contributed by atoms with Gasteiger partial charge in [0.05, 0.1) is 36.3 Å². The van der Waals surface area contributed by atoms with Crippen LogP contribution in [-0.4, -0.2) is 242 Å². The number of carbonyl (C=O) groups excluding carboxylic acids is 9. The van der Waals surface area contributed by atoms with Gasteiger partial charge in [0, 0.05) is 239 Å². The number of carboxylic acid groups (broad SMARTS) is 3. The fourth-order valence-electron chi connectivity index (χ4n) is 17.8. The van der Waals surface area contributed by atoms with Gasteiger partial charge in [0.1, 0.15) is 96.4 Å². The lowest BCUT2D eigenvalue weighted by Gasteiger charge is -2.25. The van der Waals surface area contributed by atoms with Gasteiger partial charge in [-0.05, 0) is 174 Å². The second-order valence-corrected chi connectivity index (χ2v) is 38.8. The molecule has 8 aromatic heterocycles. The molecule has 138 heavy (non-hydrogen) atoms. The van der Waals surface area contributed by atoms with E-state index < -0.39 is 36.0 Å². The van der Waals surface area contributed by atoms with Gasteiger partial charge in [-0.15, -0.1) is 0 Å². The van der Waals surface area contributed by atoms with Crippen LogP contribution in [0, 0.1) is 51.4 Å². The first-order valence-corrected chi connectivity index (χ1v) is 50.5. The average Bonchev–Trinajstić information content (AvgIpc) is 1.59. The summed E-state index contributed by atoms with van der Waals surface area (Å²) in [7, 11) is 6.04. The molecular formula is C91H96N20O17S10. The summed E-state index contributed by atoms with van der Waals surface area (Å²) in [5.74, 6) is -0.636. The van der Waals surface area contributed by atoms with Gasteiger partial charge in [-0.2, -0.15) is 33.9 Å². The first kappa shape index (κ1) is 106. The number of esters is 2. The van der Waals surface area contributed by atoms with E-state index in [2.05, 4.69) is 137 Å². The molecule has 12 atom stereocenters. The summed E-state index contributed by atoms with van der Waals surface area (Å²) >= 11 is 24.2. The Kier molecular flexibility index (Phi) is 35.8. The Labute approximate surface area is 835 Å². The van der Waals surface area contributed by atoms with Crippen molar-refractivity contribution in [2.45, 2.75) is 189 Å². The Bertz CT molecular complexity index is 6660. The summed E-state index contributed by atoms with van der Waals surface area (Å²) < 4.78 is 15.4. The minimum atomic E-state index is -1.01. The van der Waals surface area contributed by atoms with E-state index in [4.69, 9.17) is 9.84 Å². The summed E-state index contributed by atoms with van der Waals surface area (Å²) in [4.78, 5) is 183. The maximum atomic E-state index is 13.2. The van der Waals surface area contributed by atoms with Crippen LogP contribution < -0.4 is 5.32 Å². The normalized spacial score (nSPS) is 20.0. The molecule has 12 heterocycles. The van der Waals surface area contributed by atoms with Crippen LogP contribution in [0.3, 0.4) is 0 Å². The standard InChI is InChI=1S/C23H23N5O4.2C22H21N5O4.C16H14N4O3.C7H11NO2.CH4.S4.S3.S2.H2S/c1-12(29)22-17-6-14(16-9-24-13(2)25-10-16)4-5-18(17)27(26-22)11-21(30)28-19-7-15(19)8-20(28)23(31)32-3;2*1-11(28)21-16-5-13(15-8-23-12(2)24-9-15)3-4-17(16)26(25-21)10-20(29)27-18-6-14(18)7-19(27)22(30)31;1-9(21)16-13-5-11(12-6-17-10(2)18-7-12)3-4-14(13)20(19-16)8-15(22)23;1-10-7(9)6-3-4-2-5(4)8-6;;1-3-4-2;1-3-2;1-2;/h4-6,9-10,15,19-20H,7-8,11H2,1-3H3;2*3-5,8-9,14,18-19H,6-7,10H2,1-2H3,(H,30,31);3-7H,8H2,1-2H3,(H,22,23);4-6,8H,2-3H2,1H3;1H4;;;;1H2/t15-,19-,20+;2*14-,18-,19+;;4-,5-,6+;;;;;/m111.1...../s1. The number of carbonyl (C=O) groups is 12. The monoisotopic (exact) mass is 2060 g/mol. The number of carboxylic acids is 3. The Balaban J connectivity index is 0.000000165. The van der Waals surface area contributed by atoms with Crippen molar-refractivity contribution in [1.29, 1.82) is 0 Å². The number of aliphatic carboxylic acids is 3. The fraction of sp³-hybridized carbons (Fsp3) is 0.385. The zero-order valence-electron chi connectivity index (χ0n) is 75.2. The molecule has 4 saturated heterocycles. The Hall–Kier alpha value is -12.2. The summed E-state index contributed by atoms with van der Waals surface area (Å²) in [6.07, 6.45) is 20.3. The molecule has 4 aliphatic heterocycles. The number of amides is 3. The summed E-state index contributed by atoms with van der Waals surface area (Å²) in [5.41, 5.74) is 10.3. The van der Waals surface area contributed by atoms with Crippen LogP contribution in [0.15, 0.2) is 122 Å². The van der Waals surface area contributed by atoms with E-state index in [1.807, 2.05) is 73.7 Å². The van der Waals surface area contributed by atoms with E-state index in [-0.39, 0.29) is 153 Å². The van der Waals surface area contributed by atoms with Gasteiger partial charge in [0.25, 0.3) is 0 Å². The molecule has 4 aromatic carbocycles. The van der Waals surface area contributed by atoms with Gasteiger partial charge in [-0.25, -0.2) is 54.3 Å². The van der Waals surface area contributed by atoms with E-state index in [1.165, 1.54) is 89.9 Å². The number of Topliss-reactive ketones (excluding diaryl/α,β-unsaturated/α-hetero) is 4. The number of hydrogen-bond acceptors (Lipinski definition) is 33. The number of nitrogens with zero attached hydrogens (tertiary/aromatic N) is 19. The molecule has 47 heteroatoms. The zero-order chi connectivity index (χ0) is 98.1. The third-order valence-electron chi connectivity index (χ3n) is 24.5. The molecule has 4 N–H and O–H groups in total. The molecule has 4 aliphatic carbocycles. The van der Waals surface area contributed by atoms with Crippen molar-refractivity contribution in [3.05, 3.63) is 168 Å². The highest BCUT2D eigenvalue weighted by Gasteiger charge is 2.59. The summed E-state index contributed by atoms with van der Waals surface area (Å²) in [6, 6.07) is 20.7. The van der Waals surface area contributed by atoms with E-state index in [9.17, 15) is 67.7 Å². The second-order valence-electron chi connectivity index (χ2n) is 33.5. The van der Waals surface area contributed by atoms with Crippen LogP contribution in [0.1, 0.15) is 152 Å². The van der Waals surface area contributed by atoms with Crippen LogP contribution in [0.5, 0.6) is 0 Å². The number of methoxy groups -OCH3 is 2. The van der Waals surface area contributed by atoms with Crippen molar-refractivity contribution < 1.29 is 82.3 Å². The fourth-order valence-corrected chi connectivity index (χ4v) is 17.8. The van der Waals surface area contributed by atoms with E-state index >= 15 is 0 Å². The number of aromatic nitrogens is 16. The molecule has 0 spiro atoms. The van der Waals surface area contributed by atoms with Crippen LogP contribution in [0.4, 0.5) is 0 Å². The number of likely N-dealkylation sites (tertiary alicyclic amines) is 3. The van der Waals surface area contributed by atoms with Gasteiger partial charge in [0.15, 0.2) is 23.1 Å². The predicted octanol–water partition coefficient (Wildman–Crippen LogP) is 9.05. The molecule has 20 rings (SSSR count). The summed E-state index contributed by atoms with van der Waals surface area (Å²) in [5, 5.41) is 51.1. The molecule has 37 nitrogen and oxygen atoms in total. The molecule has 12 aromatic rings. The Morgan fingerprint density at radius 2 is 0.638 bits per heavy atom. The Morgan fingerprint density at radius 3 is 0.870 bits per heavy atom. The lowest BCUT2D eigenvalue weighted by Crippen LogP contribution is -2.45. The SMILES string of the molecule is C.CC(=O)c1nn(CC(=O)N2[C@@H]3C[C@@H]3C[C@H]2C(=O)O)c2ccc(-c3cnc(C)nc3)cc12.CC(=O)c1nn(CC(=O)N2[C@@H]3C[C@@H]3C[C@H]2C(=O)O)c2ccc(-c3cnc(C)nc3)cc12.CC(=O)c1nn(CC(=O)O)c2ccc(-c3cnc(C)nc3)cc12.COC(=O)[C@@H]1C[C@H]2C[C@H]2N1.COC(=O)[C@@H]1C[C@H]2C[C@H]2N1C(=O)Cn1nc(C(C)=O)c2cc(-c3cnc(C)nc3)ccc21.S.S=S.S=S=S.S=S=S=S. The van der Waals surface area contributed by atoms with E-state index in [1.54, 1.807) is 86.0 Å². The molecule has 0 radical (unpaired) electrons. The molecule has 8 aliphatic rings. The highest BCUT2D eigenvalue weighted by atomic mass is 33.2. The van der Waals surface area contributed by atoms with Crippen molar-refractivity contribution in [1.82, 2.24) is 99.0 Å². The third-order valence-corrected chi connectivity index (χ3v) is 26.8. The number of nitrogens with one attached hydrogen (secondary N) is 1. The maximum Gasteiger partial charge on any atom is 0.328 e.